The summed E-state index contributed by atoms with van der Waals surface area (Å²) < 4.78 is 2.39. The highest BCUT2D eigenvalue weighted by Gasteiger charge is 2.16. The molecule has 10 aromatic rings. The van der Waals surface area contributed by atoms with Crippen molar-refractivity contribution in [1.82, 2.24) is 19.5 Å². The highest BCUT2D eigenvalue weighted by atomic mass is 15.0. The van der Waals surface area contributed by atoms with Gasteiger partial charge < -0.3 is 4.57 Å². The Hall–Kier alpha value is -6.65. The van der Waals surface area contributed by atoms with Gasteiger partial charge in [-0.3, -0.25) is 0 Å². The van der Waals surface area contributed by atoms with Crippen LogP contribution in [-0.2, 0) is 0 Å². The Morgan fingerprint density at radius 2 is 0.816 bits per heavy atom. The number of hydrogen-bond donors (Lipinski definition) is 0. The minimum absolute atomic E-state index is 0.650. The zero-order valence-electron chi connectivity index (χ0n) is 26.5. The minimum atomic E-state index is 0.650. The van der Waals surface area contributed by atoms with Gasteiger partial charge in [0.05, 0.1) is 11.0 Å². The summed E-state index contributed by atoms with van der Waals surface area (Å²) in [6.07, 6.45) is 0. The predicted octanol–water partition coefficient (Wildman–Crippen LogP) is 11.4. The molecule has 0 aliphatic heterocycles. The molecule has 0 amide bonds. The Morgan fingerprint density at radius 3 is 1.55 bits per heavy atom. The predicted molar refractivity (Wildman–Crippen MR) is 203 cm³/mol. The maximum absolute atomic E-state index is 5.04. The lowest BCUT2D eigenvalue weighted by Crippen LogP contribution is -2.00. The first kappa shape index (κ1) is 27.5. The average molecular weight is 625 g/mol. The Bertz CT molecular complexity index is 2890. The molecule has 0 radical (unpaired) electrons. The summed E-state index contributed by atoms with van der Waals surface area (Å²) >= 11 is 0. The van der Waals surface area contributed by atoms with Crippen molar-refractivity contribution >= 4 is 54.1 Å². The molecule has 4 heteroatoms. The third kappa shape index (κ3) is 4.65. The average Bonchev–Trinajstić information content (AvgIpc) is 3.49. The van der Waals surface area contributed by atoms with Crippen LogP contribution in [0.25, 0.3) is 94.0 Å². The maximum Gasteiger partial charge on any atom is 0.164 e. The van der Waals surface area contributed by atoms with E-state index in [0.717, 1.165) is 38.5 Å². The summed E-state index contributed by atoms with van der Waals surface area (Å²) in [7, 11) is 0. The second-order valence-electron chi connectivity index (χ2n) is 12.5. The van der Waals surface area contributed by atoms with Gasteiger partial charge in [-0.1, -0.05) is 127 Å². The number of para-hydroxylation sites is 1. The van der Waals surface area contributed by atoms with Crippen molar-refractivity contribution in [1.29, 1.82) is 0 Å². The van der Waals surface area contributed by atoms with Gasteiger partial charge in [-0.15, -0.1) is 0 Å². The summed E-state index contributed by atoms with van der Waals surface area (Å²) in [5.74, 6) is 1.96. The molecule has 0 saturated heterocycles. The van der Waals surface area contributed by atoms with Crippen LogP contribution in [-0.4, -0.2) is 19.5 Å². The Labute approximate surface area is 282 Å². The van der Waals surface area contributed by atoms with Gasteiger partial charge in [-0.25, -0.2) is 15.0 Å². The van der Waals surface area contributed by atoms with E-state index >= 15 is 0 Å². The molecular formula is C45H28N4. The highest BCUT2D eigenvalue weighted by Crippen LogP contribution is 2.36. The van der Waals surface area contributed by atoms with Crippen molar-refractivity contribution in [2.75, 3.05) is 0 Å². The van der Waals surface area contributed by atoms with Crippen molar-refractivity contribution in [2.45, 2.75) is 0 Å². The van der Waals surface area contributed by atoms with E-state index in [9.17, 15) is 0 Å². The monoisotopic (exact) mass is 624 g/mol. The fourth-order valence-electron chi connectivity index (χ4n) is 7.12. The normalized spacial score (nSPS) is 11.7. The van der Waals surface area contributed by atoms with Gasteiger partial charge in [0, 0.05) is 33.2 Å². The fourth-order valence-corrected chi connectivity index (χ4v) is 7.12. The molecule has 2 aromatic heterocycles. The van der Waals surface area contributed by atoms with E-state index < -0.39 is 0 Å². The lowest BCUT2D eigenvalue weighted by molar-refractivity contribution is 1.07. The molecule has 0 N–H and O–H groups in total. The zero-order chi connectivity index (χ0) is 32.3. The molecule has 0 bridgehead atoms. The standard InChI is InChI=1S/C45H28N4/c1-2-11-30(12-3-1)43-46-44(36-20-18-29-10-4-5-13-31(29)24-36)48-45(47-43)37-21-19-35-26-38(23-22-34(35)25-37)49-41-17-9-8-16-39(41)40-27-32-14-6-7-15-33(32)28-42(40)49/h1-28H. The topological polar surface area (TPSA) is 43.6 Å². The summed E-state index contributed by atoms with van der Waals surface area (Å²) in [5, 5.41) is 9.62. The van der Waals surface area contributed by atoms with Crippen molar-refractivity contribution in [2.24, 2.45) is 0 Å². The second kappa shape index (κ2) is 11.0. The van der Waals surface area contributed by atoms with Crippen LogP contribution in [0, 0.1) is 0 Å². The Balaban J connectivity index is 1.11. The van der Waals surface area contributed by atoms with E-state index in [4.69, 9.17) is 15.0 Å². The quantitative estimate of drug-likeness (QED) is 0.196. The first-order chi connectivity index (χ1) is 24.2. The van der Waals surface area contributed by atoms with Crippen LogP contribution in [0.5, 0.6) is 0 Å². The second-order valence-corrected chi connectivity index (χ2v) is 12.5. The Kier molecular flexibility index (Phi) is 6.15. The fraction of sp³-hybridized carbons (Fsp3) is 0. The Morgan fingerprint density at radius 1 is 0.306 bits per heavy atom. The van der Waals surface area contributed by atoms with Crippen LogP contribution >= 0.6 is 0 Å². The van der Waals surface area contributed by atoms with Crippen LogP contribution in [0.2, 0.25) is 0 Å². The van der Waals surface area contributed by atoms with Gasteiger partial charge in [-0.05, 0) is 74.8 Å². The van der Waals surface area contributed by atoms with Gasteiger partial charge in [0.15, 0.2) is 17.5 Å². The molecule has 0 aliphatic carbocycles. The largest absolute Gasteiger partial charge is 0.309 e. The smallest absolute Gasteiger partial charge is 0.164 e. The van der Waals surface area contributed by atoms with Crippen LogP contribution in [0.3, 0.4) is 0 Å². The SMILES string of the molecule is c1ccc(-c2nc(-c3ccc4ccccc4c3)nc(-c3ccc4cc(-n5c6ccccc6c6cc7ccccc7cc65)ccc4c3)n2)cc1. The zero-order valence-corrected chi connectivity index (χ0v) is 26.5. The lowest BCUT2D eigenvalue weighted by atomic mass is 10.0. The number of rotatable bonds is 4. The first-order valence-corrected chi connectivity index (χ1v) is 16.5. The van der Waals surface area contributed by atoms with Gasteiger partial charge in [0.25, 0.3) is 0 Å². The highest BCUT2D eigenvalue weighted by molar-refractivity contribution is 6.13. The molecule has 0 unspecified atom stereocenters. The van der Waals surface area contributed by atoms with E-state index in [1.54, 1.807) is 0 Å². The summed E-state index contributed by atoms with van der Waals surface area (Å²) in [6.45, 7) is 0. The maximum atomic E-state index is 5.04. The molecule has 228 valence electrons. The van der Waals surface area contributed by atoms with E-state index in [1.165, 1.54) is 38.0 Å². The summed E-state index contributed by atoms with van der Waals surface area (Å²) in [5.41, 5.74) is 6.40. The molecule has 0 atom stereocenters. The molecule has 0 fully saturated rings. The van der Waals surface area contributed by atoms with Crippen molar-refractivity contribution in [3.8, 4) is 39.9 Å². The molecular weight excluding hydrogens is 597 g/mol. The van der Waals surface area contributed by atoms with Crippen molar-refractivity contribution < 1.29 is 0 Å². The number of benzene rings is 8. The van der Waals surface area contributed by atoms with Gasteiger partial charge in [0.2, 0.25) is 0 Å². The number of aromatic nitrogens is 4. The number of nitrogens with zero attached hydrogens (tertiary/aromatic N) is 4. The molecule has 2 heterocycles. The number of hydrogen-bond acceptors (Lipinski definition) is 3. The van der Waals surface area contributed by atoms with E-state index in [1.807, 2.05) is 30.3 Å². The summed E-state index contributed by atoms with van der Waals surface area (Å²) in [4.78, 5) is 15.0. The molecule has 10 rings (SSSR count). The molecule has 0 aliphatic rings. The summed E-state index contributed by atoms with van der Waals surface area (Å²) in [6, 6.07) is 60.0. The van der Waals surface area contributed by atoms with Crippen molar-refractivity contribution in [3.63, 3.8) is 0 Å². The molecule has 4 nitrogen and oxygen atoms in total. The van der Waals surface area contributed by atoms with Crippen LogP contribution in [0.1, 0.15) is 0 Å². The van der Waals surface area contributed by atoms with Crippen molar-refractivity contribution in [3.05, 3.63) is 170 Å². The lowest BCUT2D eigenvalue weighted by Gasteiger charge is -2.12. The van der Waals surface area contributed by atoms with E-state index in [2.05, 4.69) is 144 Å². The van der Waals surface area contributed by atoms with Gasteiger partial charge in [0.1, 0.15) is 0 Å². The molecule has 8 aromatic carbocycles. The minimum Gasteiger partial charge on any atom is -0.309 e. The van der Waals surface area contributed by atoms with Crippen LogP contribution in [0.15, 0.2) is 170 Å². The van der Waals surface area contributed by atoms with Gasteiger partial charge >= 0.3 is 0 Å². The third-order valence-electron chi connectivity index (χ3n) is 9.56. The van der Waals surface area contributed by atoms with Crippen LogP contribution < -0.4 is 0 Å². The van der Waals surface area contributed by atoms with Gasteiger partial charge in [-0.2, -0.15) is 0 Å². The molecule has 0 saturated carbocycles. The number of fused-ring (bicyclic) bond motifs is 6. The molecule has 0 spiro atoms. The molecule has 49 heavy (non-hydrogen) atoms. The van der Waals surface area contributed by atoms with Crippen LogP contribution in [0.4, 0.5) is 0 Å². The third-order valence-corrected chi connectivity index (χ3v) is 9.56. The first-order valence-electron chi connectivity index (χ1n) is 16.5. The van der Waals surface area contributed by atoms with E-state index in [0.29, 0.717) is 17.5 Å². The van der Waals surface area contributed by atoms with E-state index in [-0.39, 0.29) is 0 Å².